The standard InChI is InChI=1S/C23H23N4.C4H11OP.Y/c1-15-10-16(2)22(17(3)11-15)13-20-12-18(4)25-23(26-20)27(5)21-8-6-19(14-24)7-9-21;1-4-6(2,3)5;/h6-11H,13H2,1-5H3;4H2,1-3H3;/q-1;;. The zero-order valence-corrected chi connectivity index (χ0v) is 25.3. The number of hydrogen-bond donors (Lipinski definition) is 0. The zero-order valence-electron chi connectivity index (χ0n) is 21.6. The maximum absolute atomic E-state index is 10.6. The molecule has 1 heterocycles. The number of hydrogen-bond acceptors (Lipinski definition) is 5. The molecule has 0 atom stereocenters. The molecule has 0 fully saturated rings. The Balaban J connectivity index is 0.000000735. The van der Waals surface area contributed by atoms with E-state index in [1.807, 2.05) is 37.9 Å². The monoisotopic (exact) mass is 550 g/mol. The van der Waals surface area contributed by atoms with Crippen LogP contribution >= 0.6 is 7.14 Å². The minimum atomic E-state index is -1.65. The molecule has 0 aliphatic carbocycles. The number of rotatable bonds is 5. The second kappa shape index (κ2) is 13.3. The third-order valence-electron chi connectivity index (χ3n) is 5.46. The van der Waals surface area contributed by atoms with Gasteiger partial charge in [0.1, 0.15) is 0 Å². The van der Waals surface area contributed by atoms with Crippen LogP contribution in [0.25, 0.3) is 0 Å². The fourth-order valence-corrected chi connectivity index (χ4v) is 3.33. The predicted octanol–water partition coefficient (Wildman–Crippen LogP) is 6.37. The molecular formula is C27H34N4OPY-. The first kappa shape index (κ1) is 30.2. The van der Waals surface area contributed by atoms with Gasteiger partial charge in [-0.1, -0.05) is 31.5 Å². The molecule has 2 aromatic carbocycles. The summed E-state index contributed by atoms with van der Waals surface area (Å²) in [5.41, 5.74) is 8.40. The van der Waals surface area contributed by atoms with E-state index in [4.69, 9.17) is 10.2 Å². The van der Waals surface area contributed by atoms with Gasteiger partial charge in [-0.25, -0.2) is 0 Å². The second-order valence-corrected chi connectivity index (χ2v) is 12.6. The van der Waals surface area contributed by atoms with Crippen molar-refractivity contribution in [1.29, 1.82) is 5.26 Å². The largest absolute Gasteiger partial charge is 0.426 e. The minimum Gasteiger partial charge on any atom is -0.426 e. The van der Waals surface area contributed by atoms with E-state index >= 15 is 0 Å². The van der Waals surface area contributed by atoms with Crippen molar-refractivity contribution in [3.05, 3.63) is 81.7 Å². The van der Waals surface area contributed by atoms with Gasteiger partial charge in [-0.05, 0) is 87.6 Å². The quantitative estimate of drug-likeness (QED) is 0.273. The van der Waals surface area contributed by atoms with Crippen molar-refractivity contribution in [2.75, 3.05) is 31.4 Å². The molecule has 34 heavy (non-hydrogen) atoms. The Morgan fingerprint density at radius 3 is 2.03 bits per heavy atom. The van der Waals surface area contributed by atoms with E-state index in [-0.39, 0.29) is 32.7 Å². The fraction of sp³-hybridized carbons (Fsp3) is 0.370. The van der Waals surface area contributed by atoms with Crippen molar-refractivity contribution in [2.45, 2.75) is 41.0 Å². The Morgan fingerprint density at radius 2 is 1.56 bits per heavy atom. The molecule has 0 saturated carbocycles. The van der Waals surface area contributed by atoms with Gasteiger partial charge in [0.25, 0.3) is 0 Å². The van der Waals surface area contributed by atoms with Crippen LogP contribution in [-0.4, -0.2) is 36.5 Å². The van der Waals surface area contributed by atoms with Gasteiger partial charge in [0, 0.05) is 45.4 Å². The molecule has 0 spiro atoms. The van der Waals surface area contributed by atoms with Crippen molar-refractivity contribution in [3.8, 4) is 6.07 Å². The Kier molecular flexibility index (Phi) is 11.8. The molecule has 3 rings (SSSR count). The molecule has 5 nitrogen and oxygen atoms in total. The molecule has 0 saturated heterocycles. The zero-order chi connectivity index (χ0) is 24.8. The van der Waals surface area contributed by atoms with Gasteiger partial charge in [-0.15, -0.1) is 11.4 Å². The predicted molar refractivity (Wildman–Crippen MR) is 138 cm³/mol. The molecule has 0 aliphatic rings. The summed E-state index contributed by atoms with van der Waals surface area (Å²) in [6.07, 6.45) is 1.56. The number of aryl methyl sites for hydroxylation is 4. The number of anilines is 2. The molecule has 0 N–H and O–H groups in total. The van der Waals surface area contributed by atoms with Crippen LogP contribution < -0.4 is 4.90 Å². The van der Waals surface area contributed by atoms with E-state index in [1.165, 1.54) is 22.3 Å². The van der Waals surface area contributed by atoms with E-state index < -0.39 is 7.14 Å². The first-order valence-corrected chi connectivity index (χ1v) is 13.8. The van der Waals surface area contributed by atoms with Crippen LogP contribution in [0.4, 0.5) is 11.6 Å². The Hall–Kier alpha value is -1.86. The van der Waals surface area contributed by atoms with Crippen LogP contribution in [0.1, 0.15) is 46.1 Å². The molecule has 1 aromatic heterocycles. The van der Waals surface area contributed by atoms with Crippen molar-refractivity contribution in [1.82, 2.24) is 9.97 Å². The fourth-order valence-electron chi connectivity index (χ4n) is 3.33. The maximum atomic E-state index is 10.6. The summed E-state index contributed by atoms with van der Waals surface area (Å²) in [6, 6.07) is 17.3. The van der Waals surface area contributed by atoms with Crippen molar-refractivity contribution >= 4 is 18.8 Å². The van der Waals surface area contributed by atoms with Crippen LogP contribution in [0.3, 0.4) is 0 Å². The molecule has 1 radical (unpaired) electrons. The molecule has 177 valence electrons. The summed E-state index contributed by atoms with van der Waals surface area (Å²) in [4.78, 5) is 11.2. The first-order chi connectivity index (χ1) is 15.4. The summed E-state index contributed by atoms with van der Waals surface area (Å²) in [5.74, 6) is 0.633. The van der Waals surface area contributed by atoms with Gasteiger partial charge < -0.3 is 15.5 Å². The van der Waals surface area contributed by atoms with Crippen LogP contribution in [-0.2, 0) is 43.7 Å². The second-order valence-electron chi connectivity index (χ2n) is 8.84. The first-order valence-electron chi connectivity index (χ1n) is 11.0. The summed E-state index contributed by atoms with van der Waals surface area (Å²) < 4.78 is 10.6. The SMILES string of the molecule is CCP(C)(C)=O.Cc1cc(C)c(Cc2[c-]c(C)nc(N(C)c3ccc(C#N)cc3)n2)c(C)c1.[Y]. The molecule has 0 bridgehead atoms. The number of nitriles is 1. The van der Waals surface area contributed by atoms with E-state index in [0.29, 0.717) is 11.5 Å². The molecule has 7 heteroatoms. The Bertz CT molecular complexity index is 1170. The van der Waals surface area contributed by atoms with E-state index in [2.05, 4.69) is 50.0 Å². The smallest absolute Gasteiger partial charge is 0.224 e. The van der Waals surface area contributed by atoms with Crippen LogP contribution in [0, 0.1) is 45.1 Å². The van der Waals surface area contributed by atoms with E-state index in [1.54, 1.807) is 25.5 Å². The van der Waals surface area contributed by atoms with Crippen LogP contribution in [0.2, 0.25) is 0 Å². The van der Waals surface area contributed by atoms with Crippen molar-refractivity contribution in [3.63, 3.8) is 0 Å². The summed E-state index contributed by atoms with van der Waals surface area (Å²) >= 11 is 0. The molecule has 3 aromatic rings. The third-order valence-corrected chi connectivity index (χ3v) is 6.98. The Labute approximate surface area is 230 Å². The van der Waals surface area contributed by atoms with Gasteiger partial charge in [-0.2, -0.15) is 5.26 Å². The minimum absolute atomic E-state index is 0. The van der Waals surface area contributed by atoms with Gasteiger partial charge in [0.15, 0.2) is 0 Å². The average molecular weight is 550 g/mol. The van der Waals surface area contributed by atoms with Gasteiger partial charge >= 0.3 is 0 Å². The topological polar surface area (TPSA) is 69.9 Å². The molecule has 0 amide bonds. The Morgan fingerprint density at radius 1 is 1.03 bits per heavy atom. The molecular weight excluding hydrogens is 516 g/mol. The van der Waals surface area contributed by atoms with E-state index in [0.717, 1.165) is 29.7 Å². The maximum Gasteiger partial charge on any atom is 0.224 e. The van der Waals surface area contributed by atoms with Gasteiger partial charge in [0.05, 0.1) is 18.8 Å². The van der Waals surface area contributed by atoms with Crippen LogP contribution in [0.15, 0.2) is 36.4 Å². The van der Waals surface area contributed by atoms with Gasteiger partial charge in [0.2, 0.25) is 5.95 Å². The van der Waals surface area contributed by atoms with E-state index in [9.17, 15) is 4.57 Å². The van der Waals surface area contributed by atoms with Crippen LogP contribution in [0.5, 0.6) is 0 Å². The van der Waals surface area contributed by atoms with Crippen molar-refractivity contribution < 1.29 is 37.3 Å². The molecule has 0 aliphatic heterocycles. The molecule has 0 unspecified atom stereocenters. The number of nitrogens with zero attached hydrogens (tertiary/aromatic N) is 4. The average Bonchev–Trinajstić information content (AvgIpc) is 2.75. The number of benzene rings is 2. The third kappa shape index (κ3) is 9.07. The summed E-state index contributed by atoms with van der Waals surface area (Å²) in [6.45, 7) is 13.9. The summed E-state index contributed by atoms with van der Waals surface area (Å²) in [7, 11) is 0.286. The number of aromatic nitrogens is 2. The summed E-state index contributed by atoms with van der Waals surface area (Å²) in [5, 5.41) is 8.97. The van der Waals surface area contributed by atoms with Crippen molar-refractivity contribution in [2.24, 2.45) is 0 Å². The van der Waals surface area contributed by atoms with Gasteiger partial charge in [-0.3, -0.25) is 9.97 Å². The normalized spacial score (nSPS) is 10.4.